The third-order valence-corrected chi connectivity index (χ3v) is 5.35. The van der Waals surface area contributed by atoms with E-state index in [1.165, 1.54) is 26.2 Å². The first kappa shape index (κ1) is 26.8. The minimum Gasteiger partial charge on any atom is -0.497 e. The highest BCUT2D eigenvalue weighted by molar-refractivity contribution is 14.0. The number of hydrogen-bond donors (Lipinski definition) is 2. The number of methoxy groups -OCH3 is 2. The molecule has 1 fully saturated rings. The number of benzene rings is 1. The topological polar surface area (TPSA) is 61.4 Å². The van der Waals surface area contributed by atoms with E-state index in [9.17, 15) is 0 Å². The van der Waals surface area contributed by atoms with Crippen molar-refractivity contribution in [2.75, 3.05) is 66.6 Å². The normalized spacial score (nSPS) is 16.5. The van der Waals surface area contributed by atoms with Crippen molar-refractivity contribution in [3.8, 4) is 11.5 Å². The maximum absolute atomic E-state index is 5.48. The van der Waals surface area contributed by atoms with Gasteiger partial charge in [0.2, 0.25) is 0 Å². The molecule has 1 aliphatic rings. The van der Waals surface area contributed by atoms with Crippen molar-refractivity contribution in [3.05, 3.63) is 23.8 Å². The van der Waals surface area contributed by atoms with Crippen LogP contribution in [-0.4, -0.2) is 82.3 Å². The van der Waals surface area contributed by atoms with E-state index < -0.39 is 0 Å². The van der Waals surface area contributed by atoms with Crippen molar-refractivity contribution in [3.63, 3.8) is 0 Å². The lowest BCUT2D eigenvalue weighted by molar-refractivity contribution is 0.124. The van der Waals surface area contributed by atoms with E-state index in [0.717, 1.165) is 49.2 Å². The van der Waals surface area contributed by atoms with Gasteiger partial charge in [-0.15, -0.1) is 24.0 Å². The lowest BCUT2D eigenvalue weighted by Crippen LogP contribution is -2.48. The van der Waals surface area contributed by atoms with E-state index in [0.29, 0.717) is 12.5 Å². The standard InChI is InChI=1S/C22H39N5O2.HI/c1-6-23-22(25-16-19-8-9-20(28-4)14-21(19)29-5)24-15-18(3)17-27-12-10-26(7-2)11-13-27;/h8-9,14,18H,6-7,10-13,15-17H2,1-5H3,(H2,23,24,25);1H. The van der Waals surface area contributed by atoms with Crippen molar-refractivity contribution in [2.24, 2.45) is 10.9 Å². The molecule has 1 aliphatic heterocycles. The molecule has 172 valence electrons. The van der Waals surface area contributed by atoms with E-state index >= 15 is 0 Å². The Hall–Kier alpha value is -1.26. The molecule has 30 heavy (non-hydrogen) atoms. The van der Waals surface area contributed by atoms with Gasteiger partial charge in [0.15, 0.2) is 5.96 Å². The molecule has 0 spiro atoms. The van der Waals surface area contributed by atoms with Crippen molar-refractivity contribution in [2.45, 2.75) is 27.3 Å². The van der Waals surface area contributed by atoms with E-state index in [4.69, 9.17) is 14.5 Å². The number of rotatable bonds is 10. The average Bonchev–Trinajstić information content (AvgIpc) is 2.76. The Morgan fingerprint density at radius 1 is 1.07 bits per heavy atom. The molecule has 1 unspecified atom stereocenters. The van der Waals surface area contributed by atoms with Crippen molar-refractivity contribution in [1.82, 2.24) is 20.4 Å². The van der Waals surface area contributed by atoms with Crippen LogP contribution in [-0.2, 0) is 6.54 Å². The number of halogens is 1. The monoisotopic (exact) mass is 533 g/mol. The zero-order valence-corrected chi connectivity index (χ0v) is 21.6. The molecular formula is C22H40IN5O2. The Labute approximate surface area is 199 Å². The number of ether oxygens (including phenoxy) is 2. The molecule has 0 bridgehead atoms. The molecule has 0 saturated carbocycles. The molecule has 1 aromatic carbocycles. The van der Waals surface area contributed by atoms with Gasteiger partial charge in [-0.2, -0.15) is 0 Å². The Balaban J connectivity index is 0.00000450. The quantitative estimate of drug-likeness (QED) is 0.274. The fraction of sp³-hybridized carbons (Fsp3) is 0.682. The lowest BCUT2D eigenvalue weighted by atomic mass is 10.1. The van der Waals surface area contributed by atoms with Crippen LogP contribution in [0.2, 0.25) is 0 Å². The second-order valence-electron chi connectivity index (χ2n) is 7.59. The molecule has 0 radical (unpaired) electrons. The summed E-state index contributed by atoms with van der Waals surface area (Å²) in [5.74, 6) is 2.98. The number of nitrogens with zero attached hydrogens (tertiary/aromatic N) is 3. The van der Waals surface area contributed by atoms with Gasteiger partial charge in [0.1, 0.15) is 11.5 Å². The Morgan fingerprint density at radius 3 is 2.37 bits per heavy atom. The Morgan fingerprint density at radius 2 is 1.77 bits per heavy atom. The van der Waals surface area contributed by atoms with Crippen LogP contribution in [0, 0.1) is 5.92 Å². The van der Waals surface area contributed by atoms with Crippen LogP contribution in [0.25, 0.3) is 0 Å². The fourth-order valence-electron chi connectivity index (χ4n) is 3.55. The van der Waals surface area contributed by atoms with Gasteiger partial charge < -0.3 is 29.9 Å². The third-order valence-electron chi connectivity index (χ3n) is 5.35. The van der Waals surface area contributed by atoms with Gasteiger partial charge in [-0.05, 0) is 31.5 Å². The van der Waals surface area contributed by atoms with Gasteiger partial charge in [0.05, 0.1) is 20.8 Å². The summed E-state index contributed by atoms with van der Waals surface area (Å²) >= 11 is 0. The first-order chi connectivity index (χ1) is 14.1. The van der Waals surface area contributed by atoms with Crippen LogP contribution in [0.1, 0.15) is 26.3 Å². The molecule has 2 rings (SSSR count). The lowest BCUT2D eigenvalue weighted by Gasteiger charge is -2.35. The van der Waals surface area contributed by atoms with E-state index in [-0.39, 0.29) is 24.0 Å². The fourth-order valence-corrected chi connectivity index (χ4v) is 3.55. The van der Waals surface area contributed by atoms with Gasteiger partial charge in [0, 0.05) is 57.4 Å². The number of likely N-dealkylation sites (N-methyl/N-ethyl adjacent to an activating group) is 1. The summed E-state index contributed by atoms with van der Waals surface area (Å²) in [4.78, 5) is 9.83. The molecule has 1 atom stereocenters. The Kier molecular flexibility index (Phi) is 13.1. The highest BCUT2D eigenvalue weighted by Crippen LogP contribution is 2.25. The molecule has 2 N–H and O–H groups in total. The summed E-state index contributed by atoms with van der Waals surface area (Å²) in [6, 6.07) is 5.84. The van der Waals surface area contributed by atoms with E-state index in [1.807, 2.05) is 18.2 Å². The third kappa shape index (κ3) is 8.85. The summed E-state index contributed by atoms with van der Waals surface area (Å²) in [7, 11) is 3.33. The molecule has 1 saturated heterocycles. The maximum Gasteiger partial charge on any atom is 0.191 e. The van der Waals surface area contributed by atoms with Crippen LogP contribution in [0.4, 0.5) is 0 Å². The van der Waals surface area contributed by atoms with E-state index in [1.54, 1.807) is 14.2 Å². The number of nitrogens with one attached hydrogen (secondary N) is 2. The van der Waals surface area contributed by atoms with Gasteiger partial charge in [-0.3, -0.25) is 0 Å². The molecule has 1 heterocycles. The second-order valence-corrected chi connectivity index (χ2v) is 7.59. The minimum absolute atomic E-state index is 0. The first-order valence-electron chi connectivity index (χ1n) is 10.8. The summed E-state index contributed by atoms with van der Waals surface area (Å²) in [6.07, 6.45) is 0. The van der Waals surface area contributed by atoms with Crippen LogP contribution in [0.3, 0.4) is 0 Å². The summed E-state index contributed by atoms with van der Waals surface area (Å²) in [6.45, 7) is 15.9. The highest BCUT2D eigenvalue weighted by atomic mass is 127. The van der Waals surface area contributed by atoms with Gasteiger partial charge >= 0.3 is 0 Å². The van der Waals surface area contributed by atoms with Crippen LogP contribution < -0.4 is 20.1 Å². The van der Waals surface area contributed by atoms with Crippen LogP contribution >= 0.6 is 24.0 Å². The zero-order chi connectivity index (χ0) is 21.1. The molecule has 1 aromatic rings. The SMILES string of the molecule is CCNC(=NCc1ccc(OC)cc1OC)NCC(C)CN1CCN(CC)CC1.I. The molecule has 8 heteroatoms. The molecule has 0 amide bonds. The van der Waals surface area contributed by atoms with Crippen molar-refractivity contribution < 1.29 is 9.47 Å². The predicted molar refractivity (Wildman–Crippen MR) is 135 cm³/mol. The minimum atomic E-state index is 0. The number of piperazine rings is 1. The molecular weight excluding hydrogens is 493 g/mol. The maximum atomic E-state index is 5.48. The van der Waals surface area contributed by atoms with Gasteiger partial charge in [-0.1, -0.05) is 13.8 Å². The molecule has 0 aliphatic carbocycles. The van der Waals surface area contributed by atoms with E-state index in [2.05, 4.69) is 41.2 Å². The summed E-state index contributed by atoms with van der Waals surface area (Å²) < 4.78 is 10.7. The van der Waals surface area contributed by atoms with Gasteiger partial charge in [0.25, 0.3) is 0 Å². The predicted octanol–water partition coefficient (Wildman–Crippen LogP) is 2.65. The summed E-state index contributed by atoms with van der Waals surface area (Å²) in [5.41, 5.74) is 1.03. The smallest absolute Gasteiger partial charge is 0.191 e. The molecule has 0 aromatic heterocycles. The van der Waals surface area contributed by atoms with Gasteiger partial charge in [-0.25, -0.2) is 4.99 Å². The molecule has 7 nitrogen and oxygen atoms in total. The number of aliphatic imine (C=N–C) groups is 1. The van der Waals surface area contributed by atoms with Crippen LogP contribution in [0.15, 0.2) is 23.2 Å². The zero-order valence-electron chi connectivity index (χ0n) is 19.2. The summed E-state index contributed by atoms with van der Waals surface area (Å²) in [5, 5.41) is 6.83. The second kappa shape index (κ2) is 14.7. The largest absolute Gasteiger partial charge is 0.497 e. The number of hydrogen-bond acceptors (Lipinski definition) is 5. The van der Waals surface area contributed by atoms with Crippen LogP contribution in [0.5, 0.6) is 11.5 Å². The van der Waals surface area contributed by atoms with Crippen molar-refractivity contribution >= 4 is 29.9 Å². The number of guanidine groups is 1. The highest BCUT2D eigenvalue weighted by Gasteiger charge is 2.17. The van der Waals surface area contributed by atoms with Crippen molar-refractivity contribution in [1.29, 1.82) is 0 Å². The average molecular weight is 533 g/mol. The Bertz CT molecular complexity index is 636. The first-order valence-corrected chi connectivity index (χ1v) is 10.8.